The van der Waals surface area contributed by atoms with Crippen molar-refractivity contribution in [3.63, 3.8) is 0 Å². The van der Waals surface area contributed by atoms with Gasteiger partial charge in [0.25, 0.3) is 0 Å². The lowest BCUT2D eigenvalue weighted by molar-refractivity contribution is 0.355. The number of furan rings is 1. The molecule has 0 fully saturated rings. The molecular formula is C21H24N2O3S. The van der Waals surface area contributed by atoms with E-state index in [1.54, 1.807) is 24.6 Å². The first kappa shape index (κ1) is 19.3. The molecule has 0 aliphatic rings. The molecule has 0 atom stereocenters. The lowest BCUT2D eigenvalue weighted by Gasteiger charge is -2.24. The van der Waals surface area contributed by atoms with Crippen LogP contribution in [0.1, 0.15) is 33.7 Å². The molecule has 5 nitrogen and oxygen atoms in total. The molecule has 0 N–H and O–H groups in total. The van der Waals surface area contributed by atoms with Gasteiger partial charge in [-0.25, -0.2) is 8.42 Å². The minimum atomic E-state index is -3.75. The molecule has 0 unspecified atom stereocenters. The van der Waals surface area contributed by atoms with E-state index in [2.05, 4.69) is 4.98 Å². The van der Waals surface area contributed by atoms with Crippen LogP contribution in [0.2, 0.25) is 0 Å². The SMILES string of the molecule is Cc1cc(C)c(C)c(S(=O)(=O)N(Cc2ccccn2)Cc2ccco2)c1C. The van der Waals surface area contributed by atoms with Crippen LogP contribution >= 0.6 is 0 Å². The van der Waals surface area contributed by atoms with Gasteiger partial charge in [0.15, 0.2) is 0 Å². The molecule has 0 saturated carbocycles. The van der Waals surface area contributed by atoms with E-state index < -0.39 is 10.0 Å². The minimum Gasteiger partial charge on any atom is -0.468 e. The minimum absolute atomic E-state index is 0.151. The highest BCUT2D eigenvalue weighted by Crippen LogP contribution is 2.30. The van der Waals surface area contributed by atoms with Gasteiger partial charge < -0.3 is 4.42 Å². The fourth-order valence-corrected chi connectivity index (χ4v) is 5.12. The molecule has 6 heteroatoms. The number of pyridine rings is 1. The summed E-state index contributed by atoms with van der Waals surface area (Å²) in [5.41, 5.74) is 4.18. The zero-order valence-corrected chi connectivity index (χ0v) is 16.9. The normalized spacial score (nSPS) is 11.9. The Balaban J connectivity index is 2.10. The second-order valence-electron chi connectivity index (χ2n) is 6.76. The van der Waals surface area contributed by atoms with Crippen LogP contribution < -0.4 is 0 Å². The van der Waals surface area contributed by atoms with Crippen LogP contribution in [0.5, 0.6) is 0 Å². The number of hydrogen-bond donors (Lipinski definition) is 0. The van der Waals surface area contributed by atoms with Crippen LogP contribution in [0.25, 0.3) is 0 Å². The Kier molecular flexibility index (Phi) is 5.48. The lowest BCUT2D eigenvalue weighted by Crippen LogP contribution is -2.31. The molecule has 2 aromatic heterocycles. The summed E-state index contributed by atoms with van der Waals surface area (Å²) < 4.78 is 34.2. The summed E-state index contributed by atoms with van der Waals surface area (Å²) in [6, 6.07) is 11.1. The van der Waals surface area contributed by atoms with Gasteiger partial charge in [-0.2, -0.15) is 4.31 Å². The molecule has 0 aliphatic heterocycles. The number of aromatic nitrogens is 1. The molecule has 0 saturated heterocycles. The standard InChI is InChI=1S/C21H24N2O3S/c1-15-12-16(2)18(4)21(17(15)3)27(24,25)23(14-20-9-7-11-26-20)13-19-8-5-6-10-22-19/h5-12H,13-14H2,1-4H3. The van der Waals surface area contributed by atoms with Crippen molar-refractivity contribution in [3.05, 3.63) is 82.6 Å². The van der Waals surface area contributed by atoms with Crippen molar-refractivity contribution in [2.24, 2.45) is 0 Å². The molecule has 3 aromatic rings. The fraction of sp³-hybridized carbons (Fsp3) is 0.286. The summed E-state index contributed by atoms with van der Waals surface area (Å²) in [5.74, 6) is 0.592. The summed E-state index contributed by atoms with van der Waals surface area (Å²) >= 11 is 0. The van der Waals surface area contributed by atoms with Crippen LogP contribution in [-0.2, 0) is 23.1 Å². The third-order valence-electron chi connectivity index (χ3n) is 4.87. The third-order valence-corrected chi connectivity index (χ3v) is 6.94. The van der Waals surface area contributed by atoms with Crippen molar-refractivity contribution in [2.45, 2.75) is 45.7 Å². The van der Waals surface area contributed by atoms with Gasteiger partial charge in [0.2, 0.25) is 10.0 Å². The number of aryl methyl sites for hydroxylation is 2. The van der Waals surface area contributed by atoms with E-state index in [0.29, 0.717) is 16.3 Å². The van der Waals surface area contributed by atoms with E-state index >= 15 is 0 Å². The largest absolute Gasteiger partial charge is 0.468 e. The Bertz CT molecular complexity index is 1000. The molecule has 0 spiro atoms. The molecule has 0 radical (unpaired) electrons. The highest BCUT2D eigenvalue weighted by molar-refractivity contribution is 7.89. The molecular weight excluding hydrogens is 360 g/mol. The lowest BCUT2D eigenvalue weighted by atomic mass is 10.0. The van der Waals surface area contributed by atoms with Crippen LogP contribution in [0.4, 0.5) is 0 Å². The van der Waals surface area contributed by atoms with Crippen molar-refractivity contribution in [2.75, 3.05) is 0 Å². The molecule has 0 bridgehead atoms. The highest BCUT2D eigenvalue weighted by atomic mass is 32.2. The van der Waals surface area contributed by atoms with Gasteiger partial charge in [-0.3, -0.25) is 4.98 Å². The Labute approximate surface area is 160 Å². The van der Waals surface area contributed by atoms with Crippen LogP contribution in [0, 0.1) is 27.7 Å². The fourth-order valence-electron chi connectivity index (χ4n) is 3.17. The highest BCUT2D eigenvalue weighted by Gasteiger charge is 2.30. The summed E-state index contributed by atoms with van der Waals surface area (Å²) in [7, 11) is -3.75. The second kappa shape index (κ2) is 7.66. The average Bonchev–Trinajstić information content (AvgIpc) is 3.13. The van der Waals surface area contributed by atoms with Gasteiger partial charge in [-0.05, 0) is 74.2 Å². The van der Waals surface area contributed by atoms with E-state index in [0.717, 1.165) is 22.3 Å². The molecule has 1 aromatic carbocycles. The van der Waals surface area contributed by atoms with Gasteiger partial charge in [0, 0.05) is 6.20 Å². The number of rotatable bonds is 6. The Morgan fingerprint density at radius 1 is 0.963 bits per heavy atom. The summed E-state index contributed by atoms with van der Waals surface area (Å²) in [6.07, 6.45) is 3.22. The first-order valence-electron chi connectivity index (χ1n) is 8.80. The van der Waals surface area contributed by atoms with Crippen LogP contribution in [0.15, 0.2) is 58.2 Å². The molecule has 27 heavy (non-hydrogen) atoms. The van der Waals surface area contributed by atoms with E-state index in [9.17, 15) is 8.42 Å². The Morgan fingerprint density at radius 2 is 1.67 bits per heavy atom. The number of benzene rings is 1. The van der Waals surface area contributed by atoms with Gasteiger partial charge >= 0.3 is 0 Å². The van der Waals surface area contributed by atoms with E-state index in [-0.39, 0.29) is 13.1 Å². The number of hydrogen-bond acceptors (Lipinski definition) is 4. The monoisotopic (exact) mass is 384 g/mol. The van der Waals surface area contributed by atoms with Crippen molar-refractivity contribution in [3.8, 4) is 0 Å². The first-order valence-corrected chi connectivity index (χ1v) is 10.2. The summed E-state index contributed by atoms with van der Waals surface area (Å²) in [5, 5.41) is 0. The Hall–Kier alpha value is -2.44. The number of sulfonamides is 1. The quantitative estimate of drug-likeness (QED) is 0.636. The van der Waals surface area contributed by atoms with Gasteiger partial charge in [0.05, 0.1) is 29.9 Å². The number of nitrogens with zero attached hydrogens (tertiary/aromatic N) is 2. The maximum atomic E-state index is 13.7. The molecule has 2 heterocycles. The molecule has 142 valence electrons. The van der Waals surface area contributed by atoms with Gasteiger partial charge in [0.1, 0.15) is 5.76 Å². The molecule has 3 rings (SSSR count). The zero-order valence-electron chi connectivity index (χ0n) is 16.1. The van der Waals surface area contributed by atoms with Crippen molar-refractivity contribution in [1.82, 2.24) is 9.29 Å². The summed E-state index contributed by atoms with van der Waals surface area (Å²) in [6.45, 7) is 7.93. The van der Waals surface area contributed by atoms with Crippen LogP contribution in [-0.4, -0.2) is 17.7 Å². The predicted octanol–water partition coefficient (Wildman–Crippen LogP) is 4.30. The molecule has 0 amide bonds. The van der Waals surface area contributed by atoms with Gasteiger partial charge in [-0.15, -0.1) is 0 Å². The van der Waals surface area contributed by atoms with Gasteiger partial charge in [-0.1, -0.05) is 12.1 Å². The predicted molar refractivity (Wildman–Crippen MR) is 105 cm³/mol. The van der Waals surface area contributed by atoms with Crippen LogP contribution in [0.3, 0.4) is 0 Å². The maximum absolute atomic E-state index is 13.7. The van der Waals surface area contributed by atoms with E-state index in [4.69, 9.17) is 4.42 Å². The van der Waals surface area contributed by atoms with E-state index in [1.165, 1.54) is 4.31 Å². The maximum Gasteiger partial charge on any atom is 0.244 e. The summed E-state index contributed by atoms with van der Waals surface area (Å²) in [4.78, 5) is 4.68. The Morgan fingerprint density at radius 3 is 2.22 bits per heavy atom. The third kappa shape index (κ3) is 3.96. The topological polar surface area (TPSA) is 63.4 Å². The first-order chi connectivity index (χ1) is 12.8. The second-order valence-corrected chi connectivity index (χ2v) is 8.64. The zero-order chi connectivity index (χ0) is 19.6. The molecule has 0 aliphatic carbocycles. The average molecular weight is 385 g/mol. The van der Waals surface area contributed by atoms with Crippen molar-refractivity contribution >= 4 is 10.0 Å². The smallest absolute Gasteiger partial charge is 0.244 e. The van der Waals surface area contributed by atoms with E-state index in [1.807, 2.05) is 52.0 Å². The van der Waals surface area contributed by atoms with Crippen molar-refractivity contribution in [1.29, 1.82) is 0 Å². The van der Waals surface area contributed by atoms with Crippen molar-refractivity contribution < 1.29 is 12.8 Å².